The van der Waals surface area contributed by atoms with Gasteiger partial charge in [-0.2, -0.15) is 0 Å². The van der Waals surface area contributed by atoms with Gasteiger partial charge in [0.25, 0.3) is 0 Å². The van der Waals surface area contributed by atoms with Crippen LogP contribution in [0.5, 0.6) is 0 Å². The van der Waals surface area contributed by atoms with Gasteiger partial charge in [-0.1, -0.05) is 20.1 Å². The van der Waals surface area contributed by atoms with Crippen molar-refractivity contribution in [1.29, 1.82) is 0 Å². The molecule has 0 aliphatic heterocycles. The molecule has 0 aromatic carbocycles. The summed E-state index contributed by atoms with van der Waals surface area (Å²) in [6.07, 6.45) is 1.90. The van der Waals surface area contributed by atoms with E-state index >= 15 is 0 Å². The van der Waals surface area contributed by atoms with E-state index in [2.05, 4.69) is 13.2 Å². The molecule has 0 spiro atoms. The van der Waals surface area contributed by atoms with Gasteiger partial charge in [-0.05, 0) is 6.92 Å². The molecule has 92 valence electrons. The maximum Gasteiger partial charge on any atom is 0.335 e. The quantitative estimate of drug-likeness (QED) is 0.210. The predicted octanol–water partition coefficient (Wildman–Crippen LogP) is 2.41. The largest absolute Gasteiger partial charge is 0.499 e. The molecule has 0 aromatic rings. The molecule has 0 saturated carbocycles. The number of carbonyl (C=O) groups is 1. The predicted molar refractivity (Wildman–Crippen MR) is 61.7 cm³/mol. The lowest BCUT2D eigenvalue weighted by atomic mass is 10.2. The summed E-state index contributed by atoms with van der Waals surface area (Å²) < 4.78 is 15.5. The van der Waals surface area contributed by atoms with Gasteiger partial charge in [-0.3, -0.25) is 0 Å². The fourth-order valence-corrected chi connectivity index (χ4v) is 0.876. The minimum absolute atomic E-state index is 0.333. The van der Waals surface area contributed by atoms with Crippen molar-refractivity contribution in [3.8, 4) is 0 Å². The molecular formula is C12H20O4. The van der Waals surface area contributed by atoms with Gasteiger partial charge in [0.1, 0.15) is 6.61 Å². The van der Waals surface area contributed by atoms with E-state index in [0.717, 1.165) is 0 Å². The second kappa shape index (κ2) is 7.06. The topological polar surface area (TPSA) is 44.8 Å². The van der Waals surface area contributed by atoms with Gasteiger partial charge in [-0.15, -0.1) is 0 Å². The second-order valence-electron chi connectivity index (χ2n) is 3.54. The summed E-state index contributed by atoms with van der Waals surface area (Å²) in [6, 6.07) is 0. The molecule has 4 heteroatoms. The SMILES string of the molecule is C=COCCOC(C)(CC)OC(=O)C(=C)C. The first-order valence-corrected chi connectivity index (χ1v) is 5.20. The zero-order valence-corrected chi connectivity index (χ0v) is 10.2. The van der Waals surface area contributed by atoms with Gasteiger partial charge in [0, 0.05) is 18.9 Å². The van der Waals surface area contributed by atoms with Crippen molar-refractivity contribution < 1.29 is 19.0 Å². The fourth-order valence-electron chi connectivity index (χ4n) is 0.876. The van der Waals surface area contributed by atoms with Crippen LogP contribution < -0.4 is 0 Å². The highest BCUT2D eigenvalue weighted by Crippen LogP contribution is 2.18. The van der Waals surface area contributed by atoms with Gasteiger partial charge < -0.3 is 14.2 Å². The van der Waals surface area contributed by atoms with Crippen LogP contribution >= 0.6 is 0 Å². The Balaban J connectivity index is 4.14. The normalized spacial score (nSPS) is 13.7. The summed E-state index contributed by atoms with van der Waals surface area (Å²) in [5, 5.41) is 0. The van der Waals surface area contributed by atoms with Gasteiger partial charge in [0.05, 0.1) is 12.9 Å². The zero-order chi connectivity index (χ0) is 12.6. The second-order valence-corrected chi connectivity index (χ2v) is 3.54. The molecule has 4 nitrogen and oxygen atoms in total. The van der Waals surface area contributed by atoms with Crippen LogP contribution in [0.3, 0.4) is 0 Å². The Morgan fingerprint density at radius 1 is 1.44 bits per heavy atom. The zero-order valence-electron chi connectivity index (χ0n) is 10.2. The molecule has 0 aliphatic rings. The Morgan fingerprint density at radius 2 is 2.06 bits per heavy atom. The van der Waals surface area contributed by atoms with Gasteiger partial charge in [0.15, 0.2) is 0 Å². The number of hydrogen-bond acceptors (Lipinski definition) is 4. The smallest absolute Gasteiger partial charge is 0.335 e. The maximum absolute atomic E-state index is 11.4. The minimum Gasteiger partial charge on any atom is -0.499 e. The van der Waals surface area contributed by atoms with E-state index in [9.17, 15) is 4.79 Å². The first-order chi connectivity index (χ1) is 7.45. The first kappa shape index (κ1) is 14.7. The summed E-state index contributed by atoms with van der Waals surface area (Å²) >= 11 is 0. The Hall–Kier alpha value is -1.29. The van der Waals surface area contributed by atoms with E-state index in [1.807, 2.05) is 6.92 Å². The Morgan fingerprint density at radius 3 is 2.50 bits per heavy atom. The number of hydrogen-bond donors (Lipinski definition) is 0. The molecule has 0 amide bonds. The molecule has 1 atom stereocenters. The average molecular weight is 228 g/mol. The van der Waals surface area contributed by atoms with E-state index in [4.69, 9.17) is 14.2 Å². The van der Waals surface area contributed by atoms with E-state index in [0.29, 0.717) is 25.2 Å². The van der Waals surface area contributed by atoms with Crippen molar-refractivity contribution in [2.45, 2.75) is 33.0 Å². The average Bonchev–Trinajstić information content (AvgIpc) is 2.24. The van der Waals surface area contributed by atoms with Crippen molar-refractivity contribution in [2.75, 3.05) is 13.2 Å². The third-order valence-electron chi connectivity index (χ3n) is 2.03. The van der Waals surface area contributed by atoms with E-state index in [-0.39, 0.29) is 0 Å². The van der Waals surface area contributed by atoms with Crippen LogP contribution in [-0.4, -0.2) is 25.0 Å². The molecule has 0 aromatic heterocycles. The Bertz CT molecular complexity index is 260. The van der Waals surface area contributed by atoms with Crippen molar-refractivity contribution >= 4 is 5.97 Å². The molecule has 0 bridgehead atoms. The summed E-state index contributed by atoms with van der Waals surface area (Å²) in [4.78, 5) is 11.4. The van der Waals surface area contributed by atoms with Crippen LogP contribution in [0.1, 0.15) is 27.2 Å². The lowest BCUT2D eigenvalue weighted by Gasteiger charge is -2.28. The highest BCUT2D eigenvalue weighted by molar-refractivity contribution is 5.87. The fraction of sp³-hybridized carbons (Fsp3) is 0.583. The summed E-state index contributed by atoms with van der Waals surface area (Å²) in [7, 11) is 0. The van der Waals surface area contributed by atoms with Crippen LogP contribution in [-0.2, 0) is 19.0 Å². The lowest BCUT2D eigenvalue weighted by molar-refractivity contribution is -0.224. The van der Waals surface area contributed by atoms with Gasteiger partial charge in [0.2, 0.25) is 5.79 Å². The van der Waals surface area contributed by atoms with Crippen molar-refractivity contribution in [1.82, 2.24) is 0 Å². The minimum atomic E-state index is -0.930. The third-order valence-corrected chi connectivity index (χ3v) is 2.03. The molecule has 1 unspecified atom stereocenters. The molecule has 0 rings (SSSR count). The molecule has 0 heterocycles. The summed E-state index contributed by atoms with van der Waals surface area (Å²) in [5.41, 5.74) is 0.352. The van der Waals surface area contributed by atoms with Gasteiger partial charge >= 0.3 is 5.97 Å². The summed E-state index contributed by atoms with van der Waals surface area (Å²) in [5.74, 6) is -1.38. The molecule has 16 heavy (non-hydrogen) atoms. The van der Waals surface area contributed by atoms with Crippen molar-refractivity contribution in [3.63, 3.8) is 0 Å². The van der Waals surface area contributed by atoms with Crippen LogP contribution in [0.25, 0.3) is 0 Å². The van der Waals surface area contributed by atoms with Gasteiger partial charge in [-0.25, -0.2) is 4.79 Å². The van der Waals surface area contributed by atoms with Crippen LogP contribution in [0, 0.1) is 0 Å². The van der Waals surface area contributed by atoms with Crippen LogP contribution in [0.15, 0.2) is 25.0 Å². The van der Waals surface area contributed by atoms with Crippen LogP contribution in [0.2, 0.25) is 0 Å². The maximum atomic E-state index is 11.4. The molecule has 0 fully saturated rings. The highest BCUT2D eigenvalue weighted by Gasteiger charge is 2.27. The molecule has 0 radical (unpaired) electrons. The van der Waals surface area contributed by atoms with E-state index < -0.39 is 11.8 Å². The summed E-state index contributed by atoms with van der Waals surface area (Å²) in [6.45, 7) is 12.8. The standard InChI is InChI=1S/C12H20O4/c1-6-12(5,15-9-8-14-7-2)16-11(13)10(3)4/h7H,2-3,6,8-9H2,1,4-5H3. The highest BCUT2D eigenvalue weighted by atomic mass is 16.7. The number of esters is 1. The van der Waals surface area contributed by atoms with Crippen LogP contribution in [0.4, 0.5) is 0 Å². The van der Waals surface area contributed by atoms with Crippen molar-refractivity contribution in [2.24, 2.45) is 0 Å². The third kappa shape index (κ3) is 5.56. The molecule has 0 aliphatic carbocycles. The molecular weight excluding hydrogens is 208 g/mol. The van der Waals surface area contributed by atoms with E-state index in [1.165, 1.54) is 6.26 Å². The number of ether oxygens (including phenoxy) is 3. The number of rotatable bonds is 8. The molecule has 0 saturated heterocycles. The lowest BCUT2D eigenvalue weighted by Crippen LogP contribution is -2.35. The Kier molecular flexibility index (Phi) is 6.49. The number of carbonyl (C=O) groups excluding carboxylic acids is 1. The van der Waals surface area contributed by atoms with Crippen molar-refractivity contribution in [3.05, 3.63) is 25.0 Å². The Labute approximate surface area is 96.9 Å². The first-order valence-electron chi connectivity index (χ1n) is 5.20. The monoisotopic (exact) mass is 228 g/mol. The molecule has 0 N–H and O–H groups in total. The van der Waals surface area contributed by atoms with E-state index in [1.54, 1.807) is 13.8 Å².